The first-order valence-corrected chi connectivity index (χ1v) is 8.24. The van der Waals surface area contributed by atoms with Gasteiger partial charge in [0.2, 0.25) is 5.60 Å². The molecule has 7 nitrogen and oxygen atoms in total. The van der Waals surface area contributed by atoms with E-state index in [2.05, 4.69) is 15.9 Å². The number of esters is 1. The Labute approximate surface area is 151 Å². The van der Waals surface area contributed by atoms with Crippen LogP contribution < -0.4 is 0 Å². The van der Waals surface area contributed by atoms with E-state index in [9.17, 15) is 20.0 Å². The second-order valence-electron chi connectivity index (χ2n) is 5.48. The van der Waals surface area contributed by atoms with Crippen molar-refractivity contribution in [2.45, 2.75) is 11.7 Å². The Kier molecular flexibility index (Phi) is 4.85. The molecule has 2 aromatic carbocycles. The number of rotatable bonds is 4. The van der Waals surface area contributed by atoms with Gasteiger partial charge in [-0.1, -0.05) is 28.1 Å². The van der Waals surface area contributed by atoms with E-state index in [1.807, 2.05) is 0 Å². The number of cyclic esters (lactones) is 1. The number of aliphatic hydroxyl groups excluding tert-OH is 1. The van der Waals surface area contributed by atoms with E-state index in [0.29, 0.717) is 11.1 Å². The van der Waals surface area contributed by atoms with Crippen molar-refractivity contribution in [1.82, 2.24) is 0 Å². The van der Waals surface area contributed by atoms with Crippen LogP contribution >= 0.6 is 15.9 Å². The molecule has 0 aromatic heterocycles. The minimum Gasteiger partial charge on any atom is -0.461 e. The van der Waals surface area contributed by atoms with Crippen molar-refractivity contribution in [3.8, 4) is 0 Å². The molecule has 0 radical (unpaired) electrons. The molecule has 0 unspecified atom stereocenters. The van der Waals surface area contributed by atoms with Crippen molar-refractivity contribution < 1.29 is 24.3 Å². The molecular weight excluding hydrogens is 394 g/mol. The van der Waals surface area contributed by atoms with Crippen molar-refractivity contribution in [2.75, 3.05) is 13.2 Å². The second-order valence-corrected chi connectivity index (χ2v) is 6.39. The van der Waals surface area contributed by atoms with Gasteiger partial charge < -0.3 is 14.6 Å². The zero-order valence-corrected chi connectivity index (χ0v) is 14.5. The lowest BCUT2D eigenvalue weighted by molar-refractivity contribution is -0.384. The molecule has 2 atom stereocenters. The van der Waals surface area contributed by atoms with Crippen molar-refractivity contribution in [3.63, 3.8) is 0 Å². The number of carbonyl (C=O) groups excluding carboxylic acids is 1. The van der Waals surface area contributed by atoms with E-state index < -0.39 is 22.6 Å². The van der Waals surface area contributed by atoms with E-state index in [1.54, 1.807) is 24.3 Å². The highest BCUT2D eigenvalue weighted by Crippen LogP contribution is 2.42. The summed E-state index contributed by atoms with van der Waals surface area (Å²) in [5, 5.41) is 21.7. The second kappa shape index (κ2) is 6.91. The largest absolute Gasteiger partial charge is 0.461 e. The molecule has 0 spiro atoms. The molecule has 1 aliphatic rings. The number of nitro benzene ring substituents is 1. The van der Waals surface area contributed by atoms with Crippen LogP contribution in [0.4, 0.5) is 5.69 Å². The van der Waals surface area contributed by atoms with Gasteiger partial charge >= 0.3 is 5.97 Å². The van der Waals surface area contributed by atoms with Gasteiger partial charge in [0.25, 0.3) is 5.69 Å². The van der Waals surface area contributed by atoms with Crippen LogP contribution in [0, 0.1) is 10.1 Å². The maximum Gasteiger partial charge on any atom is 0.346 e. The van der Waals surface area contributed by atoms with Crippen LogP contribution in [0.15, 0.2) is 53.0 Å². The number of non-ortho nitro benzene ring substituents is 1. The van der Waals surface area contributed by atoms with E-state index in [0.717, 1.165) is 4.47 Å². The Morgan fingerprint density at radius 2 is 1.76 bits per heavy atom. The van der Waals surface area contributed by atoms with Gasteiger partial charge in [-0.25, -0.2) is 4.79 Å². The molecule has 0 aliphatic carbocycles. The van der Waals surface area contributed by atoms with Crippen molar-refractivity contribution in [3.05, 3.63) is 74.2 Å². The summed E-state index contributed by atoms with van der Waals surface area (Å²) >= 11 is 3.32. The minimum atomic E-state index is -1.73. The molecule has 0 amide bonds. The fraction of sp³-hybridized carbons (Fsp3) is 0.235. The first-order chi connectivity index (χ1) is 11.9. The van der Waals surface area contributed by atoms with Crippen LogP contribution in [0.25, 0.3) is 0 Å². The normalized spacial score (nSPS) is 21.4. The highest BCUT2D eigenvalue weighted by molar-refractivity contribution is 9.10. The summed E-state index contributed by atoms with van der Waals surface area (Å²) in [4.78, 5) is 22.8. The number of carbonyl (C=O) groups is 1. The predicted octanol–water partition coefficient (Wildman–Crippen LogP) is 2.86. The van der Waals surface area contributed by atoms with E-state index in [1.165, 1.54) is 24.3 Å². The highest BCUT2D eigenvalue weighted by Gasteiger charge is 2.52. The Bertz CT molecular complexity index is 792. The van der Waals surface area contributed by atoms with Crippen LogP contribution in [0.2, 0.25) is 0 Å². The molecule has 1 saturated heterocycles. The summed E-state index contributed by atoms with van der Waals surface area (Å²) in [6, 6.07) is 12.1. The Morgan fingerprint density at radius 3 is 2.32 bits per heavy atom. The summed E-state index contributed by atoms with van der Waals surface area (Å²) in [7, 11) is 0. The molecule has 1 fully saturated rings. The van der Waals surface area contributed by atoms with Gasteiger partial charge in [-0.05, 0) is 35.4 Å². The third kappa shape index (κ3) is 3.15. The predicted molar refractivity (Wildman–Crippen MR) is 90.8 cm³/mol. The lowest BCUT2D eigenvalue weighted by Gasteiger charge is -2.39. The number of aliphatic hydroxyl groups is 1. The smallest absolute Gasteiger partial charge is 0.346 e. The highest BCUT2D eigenvalue weighted by atomic mass is 79.9. The summed E-state index contributed by atoms with van der Waals surface area (Å²) in [5.74, 6) is -0.702. The summed E-state index contributed by atoms with van der Waals surface area (Å²) < 4.78 is 11.7. The number of hydrogen-bond acceptors (Lipinski definition) is 6. The third-order valence-corrected chi connectivity index (χ3v) is 4.56. The van der Waals surface area contributed by atoms with Crippen LogP contribution in [-0.4, -0.2) is 29.2 Å². The minimum absolute atomic E-state index is 0.101. The first-order valence-electron chi connectivity index (χ1n) is 7.45. The van der Waals surface area contributed by atoms with Crippen molar-refractivity contribution >= 4 is 27.6 Å². The van der Waals surface area contributed by atoms with Gasteiger partial charge in [-0.3, -0.25) is 10.1 Å². The maximum absolute atomic E-state index is 12.6. The van der Waals surface area contributed by atoms with Crippen LogP contribution in [0.3, 0.4) is 0 Å². The quantitative estimate of drug-likeness (QED) is 0.475. The Morgan fingerprint density at radius 1 is 1.12 bits per heavy atom. The monoisotopic (exact) mass is 407 g/mol. The summed E-state index contributed by atoms with van der Waals surface area (Å²) in [6.07, 6.45) is -1.39. The fourth-order valence-electron chi connectivity index (χ4n) is 2.76. The molecule has 0 saturated carbocycles. The lowest BCUT2D eigenvalue weighted by atomic mass is 9.83. The van der Waals surface area contributed by atoms with Gasteiger partial charge in [-0.15, -0.1) is 0 Å². The average molecular weight is 408 g/mol. The zero-order valence-electron chi connectivity index (χ0n) is 12.9. The van der Waals surface area contributed by atoms with Crippen molar-refractivity contribution in [2.24, 2.45) is 0 Å². The molecular formula is C17H14BrNO6. The van der Waals surface area contributed by atoms with E-state index in [4.69, 9.17) is 9.47 Å². The van der Waals surface area contributed by atoms with E-state index in [-0.39, 0.29) is 18.9 Å². The van der Waals surface area contributed by atoms with Crippen LogP contribution in [-0.2, 0) is 19.9 Å². The van der Waals surface area contributed by atoms with Gasteiger partial charge in [0.05, 0.1) is 11.5 Å². The molecule has 25 heavy (non-hydrogen) atoms. The molecule has 1 aliphatic heterocycles. The number of benzene rings is 2. The number of nitrogens with zero attached hydrogens (tertiary/aromatic N) is 1. The van der Waals surface area contributed by atoms with Gasteiger partial charge in [0, 0.05) is 16.6 Å². The van der Waals surface area contributed by atoms with Gasteiger partial charge in [0.1, 0.15) is 12.7 Å². The lowest BCUT2D eigenvalue weighted by Crippen LogP contribution is -2.49. The van der Waals surface area contributed by atoms with Crippen molar-refractivity contribution in [1.29, 1.82) is 0 Å². The summed E-state index contributed by atoms with van der Waals surface area (Å²) in [5.41, 5.74) is -1.09. The van der Waals surface area contributed by atoms with E-state index >= 15 is 0 Å². The zero-order chi connectivity index (χ0) is 18.0. The first kappa shape index (κ1) is 17.5. The molecule has 3 rings (SSSR count). The average Bonchev–Trinajstić information content (AvgIpc) is 2.62. The molecule has 0 bridgehead atoms. The number of halogens is 1. The standard InChI is InChI=1S/C17H14BrNO6/c18-13-5-3-12(4-6-13)17(16(21)24-9-10-25-17)15(20)11-1-7-14(8-2-11)19(22)23/h1-8,15,20H,9-10H2/t15-,17+/m0/s1. The number of hydrogen-bond donors (Lipinski definition) is 1. The molecule has 8 heteroatoms. The molecule has 2 aromatic rings. The number of ether oxygens (including phenoxy) is 2. The van der Waals surface area contributed by atoms with Gasteiger partial charge in [0.15, 0.2) is 0 Å². The fourth-order valence-corrected chi connectivity index (χ4v) is 3.03. The SMILES string of the molecule is O=C1OCCO[C@]1(c1ccc(Br)cc1)[C@@H](O)c1ccc([N+](=O)[O-])cc1. The van der Waals surface area contributed by atoms with Gasteiger partial charge in [-0.2, -0.15) is 0 Å². The van der Waals surface area contributed by atoms with Crippen LogP contribution in [0.1, 0.15) is 17.2 Å². The Hall–Kier alpha value is -2.29. The Balaban J connectivity index is 2.06. The molecule has 1 heterocycles. The maximum atomic E-state index is 12.6. The third-order valence-electron chi connectivity index (χ3n) is 4.03. The van der Waals surface area contributed by atoms with Crippen LogP contribution in [0.5, 0.6) is 0 Å². The summed E-state index contributed by atoms with van der Waals surface area (Å²) in [6.45, 7) is 0.232. The molecule has 130 valence electrons. The topological polar surface area (TPSA) is 98.9 Å². The number of nitro groups is 1. The molecule has 1 N–H and O–H groups in total.